The van der Waals surface area contributed by atoms with Gasteiger partial charge in [-0.1, -0.05) is 30.4 Å². The van der Waals surface area contributed by atoms with Crippen LogP contribution in [-0.4, -0.2) is 109 Å². The molecular weight excluding hydrogens is 929 g/mol. The number of carbonyl (C=O) groups is 2. The molecule has 69 heavy (non-hydrogen) atoms. The molecule has 15 nitrogen and oxygen atoms in total. The molecule has 2 aliphatic rings. The second-order valence-corrected chi connectivity index (χ2v) is 15.2. The minimum atomic E-state index is -4.51. The maximum Gasteiger partial charge on any atom is 0.418 e. The Hall–Kier alpha value is -6.92. The number of nitrogens with one attached hydrogen (secondary N) is 3. The molecule has 7 N–H and O–H groups in total. The Labute approximate surface area is 389 Å². The highest BCUT2D eigenvalue weighted by Gasteiger charge is 2.32. The van der Waals surface area contributed by atoms with E-state index < -0.39 is 60.2 Å². The number of aliphatic hydroxyl groups is 4. The minimum absolute atomic E-state index is 0.0128. The molecule has 4 aromatic heterocycles. The lowest BCUT2D eigenvalue weighted by Gasteiger charge is -2.26. The zero-order chi connectivity index (χ0) is 50.1. The second kappa shape index (κ2) is 24.9. The number of aliphatic hydroxyl groups excluding tert-OH is 4. The van der Waals surface area contributed by atoms with Crippen molar-refractivity contribution < 1.29 is 69.9 Å². The molecule has 2 atom stereocenters. The number of halogens is 8. The molecule has 0 saturated heterocycles. The first-order valence-electron chi connectivity index (χ1n) is 21.0. The Morgan fingerprint density at radius 3 is 1.64 bits per heavy atom. The van der Waals surface area contributed by atoms with Crippen molar-refractivity contribution in [2.24, 2.45) is 0 Å². The summed E-state index contributed by atoms with van der Waals surface area (Å²) in [5.41, 5.74) is 1.30. The van der Waals surface area contributed by atoms with Crippen LogP contribution in [-0.2, 0) is 25.2 Å². The van der Waals surface area contributed by atoms with Crippen LogP contribution in [0.3, 0.4) is 0 Å². The van der Waals surface area contributed by atoms with Crippen molar-refractivity contribution in [1.29, 1.82) is 0 Å². The summed E-state index contributed by atoms with van der Waals surface area (Å²) in [6.45, 7) is 1.21. The lowest BCUT2D eigenvalue weighted by Crippen LogP contribution is -2.38. The minimum Gasteiger partial charge on any atom is -0.410 e. The summed E-state index contributed by atoms with van der Waals surface area (Å²) in [5, 5.41) is 44.2. The van der Waals surface area contributed by atoms with Gasteiger partial charge in [-0.3, -0.25) is 20.6 Å². The molecule has 23 heteroatoms. The summed E-state index contributed by atoms with van der Waals surface area (Å²) in [7, 11) is 0. The number of benzene rings is 1. The highest BCUT2D eigenvalue weighted by molar-refractivity contribution is 5.89. The maximum absolute atomic E-state index is 14.4. The predicted molar refractivity (Wildman–Crippen MR) is 235 cm³/mol. The molecular formula is C46H46F8N8O7. The number of urea groups is 1. The van der Waals surface area contributed by atoms with Gasteiger partial charge in [0.2, 0.25) is 0 Å². The van der Waals surface area contributed by atoms with Gasteiger partial charge >= 0.3 is 24.5 Å². The quantitative estimate of drug-likeness (QED) is 0.0663. The number of para-hydroxylation sites is 1. The van der Waals surface area contributed by atoms with Crippen molar-refractivity contribution in [1.82, 2.24) is 30.2 Å². The SMILES string of the molecule is O=C(Nc1ccc(C(F)(F)F)cn1)N1CC=C(c2ncc(CC(O)CO)cc2F)CC1.O=C(Nc1ccc(C(F)(F)F)cn1)Oc1ccccc1.OCC(O)Cc1cnc(C2=CCNCC2)c(F)c1. The van der Waals surface area contributed by atoms with E-state index in [4.69, 9.17) is 14.9 Å². The van der Waals surface area contributed by atoms with Crippen LogP contribution in [0.15, 0.2) is 104 Å². The third-order valence-electron chi connectivity index (χ3n) is 9.93. The lowest BCUT2D eigenvalue weighted by molar-refractivity contribution is -0.138. The van der Waals surface area contributed by atoms with Crippen molar-refractivity contribution in [2.45, 2.75) is 50.2 Å². The van der Waals surface area contributed by atoms with Gasteiger partial charge in [0.15, 0.2) is 0 Å². The van der Waals surface area contributed by atoms with Crippen LogP contribution in [0.2, 0.25) is 0 Å². The van der Waals surface area contributed by atoms with Gasteiger partial charge in [-0.15, -0.1) is 0 Å². The summed E-state index contributed by atoms with van der Waals surface area (Å²) < 4.78 is 108. The standard InChI is InChI=1S/C20H20F4N4O3.C13H9F3N2O2.C13H17FN2O2/c21-16-8-12(7-15(30)11-29)9-26-18(16)13-3-5-28(6-4-13)19(31)27-17-2-1-14(10-25-17)20(22,23)24;14-13(15,16)9-6-7-11(17-8-9)18-12(19)20-10-4-2-1-3-5-10;14-12-6-9(5-11(18)8-17)7-16-13(12)10-1-3-15-4-2-10/h1-3,8-10,15,29-30H,4-7,11H2,(H,25,27,31);1-8H,(H,17,18,19);1,6-7,11,15,17-18H,2-5,8H2. The first-order chi connectivity index (χ1) is 32.8. The first kappa shape index (κ1) is 53.0. The van der Waals surface area contributed by atoms with Crippen LogP contribution in [0.1, 0.15) is 46.5 Å². The molecule has 0 aliphatic carbocycles. The van der Waals surface area contributed by atoms with E-state index in [0.717, 1.165) is 49.3 Å². The molecule has 0 spiro atoms. The second-order valence-electron chi connectivity index (χ2n) is 15.2. The number of carbonyl (C=O) groups excluding carboxylic acids is 2. The van der Waals surface area contributed by atoms with Crippen LogP contribution < -0.4 is 20.7 Å². The third-order valence-corrected chi connectivity index (χ3v) is 9.93. The van der Waals surface area contributed by atoms with E-state index in [-0.39, 0.29) is 55.7 Å². The fourth-order valence-corrected chi connectivity index (χ4v) is 6.42. The number of aromatic nitrogens is 4. The Bertz CT molecular complexity index is 2530. The predicted octanol–water partition coefficient (Wildman–Crippen LogP) is 7.06. The molecule has 2 unspecified atom stereocenters. The highest BCUT2D eigenvalue weighted by atomic mass is 19.4. The highest BCUT2D eigenvalue weighted by Crippen LogP contribution is 2.30. The zero-order valence-electron chi connectivity index (χ0n) is 36.3. The zero-order valence-corrected chi connectivity index (χ0v) is 36.3. The summed E-state index contributed by atoms with van der Waals surface area (Å²) >= 11 is 0. The van der Waals surface area contributed by atoms with Crippen LogP contribution in [0, 0.1) is 11.6 Å². The van der Waals surface area contributed by atoms with Crippen LogP contribution >= 0.6 is 0 Å². The van der Waals surface area contributed by atoms with E-state index in [1.165, 1.54) is 23.2 Å². The van der Waals surface area contributed by atoms with Gasteiger partial charge in [0, 0.05) is 57.3 Å². The molecule has 6 heterocycles. The normalized spacial score (nSPS) is 14.6. The number of anilines is 2. The van der Waals surface area contributed by atoms with Crippen molar-refractivity contribution >= 4 is 34.9 Å². The molecule has 0 saturated carbocycles. The summed E-state index contributed by atoms with van der Waals surface area (Å²) in [6, 6.07) is 14.1. The van der Waals surface area contributed by atoms with Gasteiger partial charge in [0.25, 0.3) is 0 Å². The number of amides is 3. The average Bonchev–Trinajstić information content (AvgIpc) is 3.32. The number of ether oxygens (including phenoxy) is 1. The molecule has 7 rings (SSSR count). The van der Waals surface area contributed by atoms with Gasteiger partial charge < -0.3 is 35.4 Å². The Kier molecular flexibility index (Phi) is 19.1. The monoisotopic (exact) mass is 974 g/mol. The van der Waals surface area contributed by atoms with E-state index in [0.29, 0.717) is 47.0 Å². The van der Waals surface area contributed by atoms with Crippen LogP contribution in [0.5, 0.6) is 5.75 Å². The average molecular weight is 975 g/mol. The number of pyridine rings is 4. The fourth-order valence-electron chi connectivity index (χ4n) is 6.42. The van der Waals surface area contributed by atoms with Crippen molar-refractivity contribution in [2.75, 3.05) is 50.0 Å². The number of rotatable bonds is 11. The Balaban J connectivity index is 0.000000203. The van der Waals surface area contributed by atoms with Gasteiger partial charge in [-0.05, 0) is 90.2 Å². The summed E-state index contributed by atoms with van der Waals surface area (Å²) in [6.07, 6.45) is -2.43. The van der Waals surface area contributed by atoms with Gasteiger partial charge in [-0.2, -0.15) is 26.3 Å². The maximum atomic E-state index is 14.4. The molecule has 0 fully saturated rings. The van der Waals surface area contributed by atoms with Crippen molar-refractivity contribution in [3.05, 3.63) is 149 Å². The van der Waals surface area contributed by atoms with E-state index in [9.17, 15) is 54.9 Å². The Morgan fingerprint density at radius 1 is 0.696 bits per heavy atom. The molecule has 368 valence electrons. The van der Waals surface area contributed by atoms with Gasteiger partial charge in [0.05, 0.1) is 36.5 Å². The number of hydrogen-bond donors (Lipinski definition) is 7. The van der Waals surface area contributed by atoms with Crippen LogP contribution in [0.4, 0.5) is 56.3 Å². The molecule has 5 aromatic rings. The summed E-state index contributed by atoms with van der Waals surface area (Å²) in [4.78, 5) is 40.5. The molecule has 2 aliphatic heterocycles. The number of hydrogen-bond acceptors (Lipinski definition) is 12. The molecule has 1 aromatic carbocycles. The van der Waals surface area contributed by atoms with E-state index in [1.54, 1.807) is 42.6 Å². The van der Waals surface area contributed by atoms with Crippen LogP contribution in [0.25, 0.3) is 11.1 Å². The number of nitrogens with zero attached hydrogens (tertiary/aromatic N) is 5. The lowest BCUT2D eigenvalue weighted by atomic mass is 10.0. The first-order valence-corrected chi connectivity index (χ1v) is 21.0. The number of alkyl halides is 6. The third kappa shape index (κ3) is 16.7. The van der Waals surface area contributed by atoms with Crippen molar-refractivity contribution in [3.8, 4) is 5.75 Å². The van der Waals surface area contributed by atoms with Gasteiger partial charge in [0.1, 0.15) is 40.4 Å². The van der Waals surface area contributed by atoms with Crippen molar-refractivity contribution in [3.63, 3.8) is 0 Å². The summed E-state index contributed by atoms with van der Waals surface area (Å²) in [5.74, 6) is -0.663. The van der Waals surface area contributed by atoms with E-state index >= 15 is 0 Å². The largest absolute Gasteiger partial charge is 0.418 e. The fraction of sp³-hybridized carbons (Fsp3) is 0.304. The topological polar surface area (TPSA) is 215 Å². The van der Waals surface area contributed by atoms with E-state index in [2.05, 4.69) is 35.9 Å². The van der Waals surface area contributed by atoms with Gasteiger partial charge in [-0.25, -0.2) is 28.3 Å². The van der Waals surface area contributed by atoms with E-state index in [1.807, 2.05) is 6.08 Å². The molecule has 3 amide bonds. The molecule has 0 radical (unpaired) electrons. The Morgan fingerprint density at radius 2 is 1.22 bits per heavy atom. The molecule has 0 bridgehead atoms. The smallest absolute Gasteiger partial charge is 0.410 e.